The molecule has 2 heterocycles. The minimum atomic E-state index is 0.195. The molecule has 0 saturated carbocycles. The number of carbonyl (C=O) groups excluding carboxylic acids is 1. The van der Waals surface area contributed by atoms with Crippen LogP contribution in [0.25, 0.3) is 0 Å². The van der Waals surface area contributed by atoms with Gasteiger partial charge in [0.15, 0.2) is 0 Å². The summed E-state index contributed by atoms with van der Waals surface area (Å²) in [7, 11) is 0. The lowest BCUT2D eigenvalue weighted by Crippen LogP contribution is -2.41. The molecule has 1 aromatic heterocycles. The van der Waals surface area contributed by atoms with Crippen LogP contribution in [0.2, 0.25) is 0 Å². The maximum atomic E-state index is 11.9. The number of nitrogens with one attached hydrogen (secondary N) is 1. The second-order valence-electron chi connectivity index (χ2n) is 5.27. The van der Waals surface area contributed by atoms with Crippen molar-refractivity contribution in [3.8, 4) is 0 Å². The summed E-state index contributed by atoms with van der Waals surface area (Å²) in [6.45, 7) is 0.863. The summed E-state index contributed by atoms with van der Waals surface area (Å²) >= 11 is 0. The molecule has 2 aliphatic rings. The van der Waals surface area contributed by atoms with E-state index in [1.807, 2.05) is 12.4 Å². The number of fused-ring (bicyclic) bond motifs is 1. The molecule has 0 aromatic carbocycles. The average Bonchev–Trinajstić information content (AvgIpc) is 2.98. The summed E-state index contributed by atoms with van der Waals surface area (Å²) in [4.78, 5) is 16.2. The van der Waals surface area contributed by atoms with Crippen LogP contribution in [0.4, 0.5) is 0 Å². The summed E-state index contributed by atoms with van der Waals surface area (Å²) in [5.74, 6) is 1.79. The number of carbonyl (C=O) groups is 1. The van der Waals surface area contributed by atoms with Gasteiger partial charge in [0.05, 0.1) is 0 Å². The number of aryl methyl sites for hydroxylation is 1. The standard InChI is InChI=1S/C14H19N3O/c18-14(9-11-3-1-2-4-11)16-12-5-6-13-15-7-8-17(13)10-12/h1,3,7-8,11-12H,2,4-6,9-10H2,(H,16,18). The van der Waals surface area contributed by atoms with Crippen molar-refractivity contribution in [2.45, 2.75) is 44.7 Å². The number of nitrogens with zero attached hydrogens (tertiary/aromatic N) is 2. The predicted molar refractivity (Wildman–Crippen MR) is 69.0 cm³/mol. The van der Waals surface area contributed by atoms with Crippen LogP contribution in [-0.2, 0) is 17.8 Å². The summed E-state index contributed by atoms with van der Waals surface area (Å²) in [5, 5.41) is 3.16. The van der Waals surface area contributed by atoms with Gasteiger partial charge >= 0.3 is 0 Å². The lowest BCUT2D eigenvalue weighted by molar-refractivity contribution is -0.122. The van der Waals surface area contributed by atoms with Crippen molar-refractivity contribution in [1.29, 1.82) is 0 Å². The molecule has 2 unspecified atom stereocenters. The number of hydrogen-bond acceptors (Lipinski definition) is 2. The molecule has 1 amide bonds. The van der Waals surface area contributed by atoms with Crippen molar-refractivity contribution in [2.75, 3.05) is 0 Å². The maximum absolute atomic E-state index is 11.9. The van der Waals surface area contributed by atoms with Gasteiger partial charge in [-0.2, -0.15) is 0 Å². The number of amides is 1. The van der Waals surface area contributed by atoms with Crippen LogP contribution in [0.1, 0.15) is 31.5 Å². The summed E-state index contributed by atoms with van der Waals surface area (Å²) in [6.07, 6.45) is 13.0. The normalized spacial score (nSPS) is 26.0. The number of allylic oxidation sites excluding steroid dienone is 2. The van der Waals surface area contributed by atoms with Gasteiger partial charge < -0.3 is 9.88 Å². The Morgan fingerprint density at radius 1 is 1.50 bits per heavy atom. The van der Waals surface area contributed by atoms with E-state index in [9.17, 15) is 4.79 Å². The van der Waals surface area contributed by atoms with Gasteiger partial charge in [-0.3, -0.25) is 4.79 Å². The quantitative estimate of drug-likeness (QED) is 0.823. The first-order valence-corrected chi connectivity index (χ1v) is 6.77. The zero-order valence-electron chi connectivity index (χ0n) is 10.5. The predicted octanol–water partition coefficient (Wildman–Crippen LogP) is 1.67. The van der Waals surface area contributed by atoms with Crippen molar-refractivity contribution in [1.82, 2.24) is 14.9 Å². The van der Waals surface area contributed by atoms with E-state index in [2.05, 4.69) is 27.0 Å². The van der Waals surface area contributed by atoms with E-state index >= 15 is 0 Å². The topological polar surface area (TPSA) is 46.9 Å². The van der Waals surface area contributed by atoms with Crippen LogP contribution in [0, 0.1) is 5.92 Å². The van der Waals surface area contributed by atoms with E-state index in [1.165, 1.54) is 0 Å². The molecule has 0 spiro atoms. The zero-order chi connectivity index (χ0) is 12.4. The van der Waals surface area contributed by atoms with Gasteiger partial charge in [0.1, 0.15) is 5.82 Å². The van der Waals surface area contributed by atoms with Gasteiger partial charge in [0.2, 0.25) is 5.91 Å². The Labute approximate surface area is 107 Å². The first kappa shape index (κ1) is 11.5. The second-order valence-corrected chi connectivity index (χ2v) is 5.27. The lowest BCUT2D eigenvalue weighted by Gasteiger charge is -2.25. The highest BCUT2D eigenvalue weighted by Gasteiger charge is 2.21. The summed E-state index contributed by atoms with van der Waals surface area (Å²) in [5.41, 5.74) is 0. The zero-order valence-corrected chi connectivity index (χ0v) is 10.5. The smallest absolute Gasteiger partial charge is 0.220 e. The van der Waals surface area contributed by atoms with Gasteiger partial charge in [-0.25, -0.2) is 4.98 Å². The van der Waals surface area contributed by atoms with Crippen LogP contribution < -0.4 is 5.32 Å². The van der Waals surface area contributed by atoms with E-state index in [0.29, 0.717) is 12.3 Å². The van der Waals surface area contributed by atoms with Crippen LogP contribution in [-0.4, -0.2) is 21.5 Å². The fourth-order valence-electron chi connectivity index (χ4n) is 2.87. The monoisotopic (exact) mass is 245 g/mol. The Hall–Kier alpha value is -1.58. The van der Waals surface area contributed by atoms with Gasteiger partial charge in [-0.05, 0) is 25.2 Å². The number of rotatable bonds is 3. The molecule has 0 radical (unpaired) electrons. The van der Waals surface area contributed by atoms with Crippen molar-refractivity contribution in [2.24, 2.45) is 5.92 Å². The summed E-state index contributed by atoms with van der Waals surface area (Å²) in [6, 6.07) is 0.268. The molecule has 96 valence electrons. The largest absolute Gasteiger partial charge is 0.352 e. The van der Waals surface area contributed by atoms with Gasteiger partial charge in [0, 0.05) is 37.8 Å². The Kier molecular flexibility index (Phi) is 3.17. The van der Waals surface area contributed by atoms with E-state index in [4.69, 9.17) is 0 Å². The van der Waals surface area contributed by atoms with E-state index in [1.54, 1.807) is 0 Å². The van der Waals surface area contributed by atoms with Crippen molar-refractivity contribution in [3.63, 3.8) is 0 Å². The van der Waals surface area contributed by atoms with E-state index in [0.717, 1.165) is 38.1 Å². The molecular formula is C14H19N3O. The molecular weight excluding hydrogens is 226 g/mol. The molecule has 3 rings (SSSR count). The number of imidazole rings is 1. The molecule has 1 aliphatic carbocycles. The Bertz CT molecular complexity index is 463. The second kappa shape index (κ2) is 4.96. The molecule has 2 atom stereocenters. The highest BCUT2D eigenvalue weighted by molar-refractivity contribution is 5.76. The van der Waals surface area contributed by atoms with Crippen molar-refractivity contribution < 1.29 is 4.79 Å². The molecule has 0 bridgehead atoms. The first-order chi connectivity index (χ1) is 8.81. The molecule has 1 aliphatic heterocycles. The summed E-state index contributed by atoms with van der Waals surface area (Å²) < 4.78 is 2.14. The minimum Gasteiger partial charge on any atom is -0.352 e. The number of aromatic nitrogens is 2. The third-order valence-corrected chi connectivity index (χ3v) is 3.86. The molecule has 0 saturated heterocycles. The van der Waals surface area contributed by atoms with E-state index in [-0.39, 0.29) is 11.9 Å². The van der Waals surface area contributed by atoms with Gasteiger partial charge in [-0.1, -0.05) is 12.2 Å². The van der Waals surface area contributed by atoms with Gasteiger partial charge in [-0.15, -0.1) is 0 Å². The molecule has 4 nitrogen and oxygen atoms in total. The molecule has 1 aromatic rings. The van der Waals surface area contributed by atoms with Crippen LogP contribution in [0.3, 0.4) is 0 Å². The third-order valence-electron chi connectivity index (χ3n) is 3.86. The average molecular weight is 245 g/mol. The SMILES string of the molecule is O=C(CC1C=CCC1)NC1CCc2nccn2C1. The Balaban J connectivity index is 1.51. The lowest BCUT2D eigenvalue weighted by atomic mass is 10.0. The van der Waals surface area contributed by atoms with Crippen LogP contribution in [0.15, 0.2) is 24.5 Å². The highest BCUT2D eigenvalue weighted by Crippen LogP contribution is 2.20. The number of hydrogen-bond donors (Lipinski definition) is 1. The molecule has 0 fully saturated rings. The maximum Gasteiger partial charge on any atom is 0.220 e. The fraction of sp³-hybridized carbons (Fsp3) is 0.571. The first-order valence-electron chi connectivity index (χ1n) is 6.77. The molecule has 4 heteroatoms. The van der Waals surface area contributed by atoms with Crippen LogP contribution >= 0.6 is 0 Å². The fourth-order valence-corrected chi connectivity index (χ4v) is 2.87. The Morgan fingerprint density at radius 2 is 2.44 bits per heavy atom. The molecule has 18 heavy (non-hydrogen) atoms. The third kappa shape index (κ3) is 2.47. The van der Waals surface area contributed by atoms with Gasteiger partial charge in [0.25, 0.3) is 0 Å². The van der Waals surface area contributed by atoms with Crippen LogP contribution in [0.5, 0.6) is 0 Å². The van der Waals surface area contributed by atoms with Crippen molar-refractivity contribution >= 4 is 5.91 Å². The molecule has 1 N–H and O–H groups in total. The van der Waals surface area contributed by atoms with Crippen molar-refractivity contribution in [3.05, 3.63) is 30.4 Å². The highest BCUT2D eigenvalue weighted by atomic mass is 16.1. The minimum absolute atomic E-state index is 0.195. The Morgan fingerprint density at radius 3 is 3.28 bits per heavy atom. The van der Waals surface area contributed by atoms with E-state index < -0.39 is 0 Å².